The number of halogens is 6. The first-order valence-electron chi connectivity index (χ1n) is 12.1. The number of thioether (sulfide) groups is 1. The monoisotopic (exact) mass is 593 g/mol. The topological polar surface area (TPSA) is 121 Å². The van der Waals surface area contributed by atoms with Crippen LogP contribution in [0.3, 0.4) is 0 Å². The van der Waals surface area contributed by atoms with E-state index in [2.05, 4.69) is 10.3 Å². The number of hydrogen-bond donors (Lipinski definition) is 4. The summed E-state index contributed by atoms with van der Waals surface area (Å²) < 4.78 is 88.7. The predicted molar refractivity (Wildman–Crippen MR) is 130 cm³/mol. The van der Waals surface area contributed by atoms with Crippen molar-refractivity contribution in [1.82, 2.24) is 15.0 Å². The van der Waals surface area contributed by atoms with Gasteiger partial charge in [0.05, 0.1) is 29.7 Å². The zero-order valence-corrected chi connectivity index (χ0v) is 21.5. The van der Waals surface area contributed by atoms with Crippen LogP contribution in [0.2, 0.25) is 0 Å². The van der Waals surface area contributed by atoms with E-state index in [1.165, 1.54) is 18.2 Å². The van der Waals surface area contributed by atoms with E-state index in [1.54, 1.807) is 6.92 Å². The Hall–Kier alpha value is -2.69. The van der Waals surface area contributed by atoms with E-state index in [-0.39, 0.29) is 23.2 Å². The summed E-state index contributed by atoms with van der Waals surface area (Å²) in [6, 6.07) is 4.60. The molecule has 8 nitrogen and oxygen atoms in total. The maximum absolute atomic E-state index is 13.8. The fraction of sp³-hybridized carbons (Fsp3) is 0.440. The van der Waals surface area contributed by atoms with Crippen LogP contribution in [0.15, 0.2) is 42.6 Å². The molecule has 2 aromatic carbocycles. The number of nitrogens with zero attached hydrogens (tertiary/aromatic N) is 3. The van der Waals surface area contributed by atoms with Crippen LogP contribution in [-0.4, -0.2) is 71.9 Å². The number of hydrogen-bond acceptors (Lipinski definition) is 8. The van der Waals surface area contributed by atoms with Gasteiger partial charge in [0.15, 0.2) is 17.5 Å². The Labute approximate surface area is 228 Å². The molecule has 0 bridgehead atoms. The molecule has 1 fully saturated rings. The first-order chi connectivity index (χ1) is 18.9. The van der Waals surface area contributed by atoms with E-state index in [0.717, 1.165) is 16.9 Å². The molecule has 0 aliphatic carbocycles. The van der Waals surface area contributed by atoms with Crippen molar-refractivity contribution in [2.45, 2.75) is 60.7 Å². The van der Waals surface area contributed by atoms with Crippen molar-refractivity contribution < 1.29 is 51.5 Å². The molecule has 15 heteroatoms. The second-order valence-electron chi connectivity index (χ2n) is 9.15. The van der Waals surface area contributed by atoms with Gasteiger partial charge < -0.3 is 25.2 Å². The van der Waals surface area contributed by atoms with Crippen molar-refractivity contribution in [2.75, 3.05) is 6.61 Å². The molecule has 0 radical (unpaired) electrons. The summed E-state index contributed by atoms with van der Waals surface area (Å²) in [5, 5.41) is 48.9. The summed E-state index contributed by atoms with van der Waals surface area (Å²) in [6.45, 7) is 0.811. The Morgan fingerprint density at radius 1 is 1.07 bits per heavy atom. The third-order valence-electron chi connectivity index (χ3n) is 6.56. The van der Waals surface area contributed by atoms with Gasteiger partial charge in [0.2, 0.25) is 0 Å². The zero-order valence-electron chi connectivity index (χ0n) is 20.7. The first kappa shape index (κ1) is 30.3. The smallest absolute Gasteiger partial charge is 0.394 e. The molecule has 1 saturated heterocycles. The van der Waals surface area contributed by atoms with Crippen LogP contribution >= 0.6 is 11.8 Å². The summed E-state index contributed by atoms with van der Waals surface area (Å²) in [6.07, 6.45) is -9.49. The van der Waals surface area contributed by atoms with Crippen LogP contribution in [0, 0.1) is 17.5 Å². The molecule has 0 spiro atoms. The van der Waals surface area contributed by atoms with Gasteiger partial charge in [-0.2, -0.15) is 13.2 Å². The second kappa shape index (κ2) is 12.0. The normalized spacial score (nSPS) is 25.1. The van der Waals surface area contributed by atoms with Gasteiger partial charge in [-0.1, -0.05) is 30.3 Å². The maximum atomic E-state index is 13.8. The van der Waals surface area contributed by atoms with Crippen molar-refractivity contribution in [3.05, 3.63) is 71.2 Å². The molecule has 2 heterocycles. The van der Waals surface area contributed by atoms with Gasteiger partial charge in [0, 0.05) is 5.56 Å². The van der Waals surface area contributed by atoms with E-state index in [0.29, 0.717) is 23.9 Å². The largest absolute Gasteiger partial charge is 0.416 e. The highest BCUT2D eigenvalue weighted by molar-refractivity contribution is 8.00. The lowest BCUT2D eigenvalue weighted by molar-refractivity contribution is -0.178. The molecule has 1 aliphatic rings. The SMILES string of the molecule is CCC(O)C(S[C@@H]1O[C@H](CO)[C@H](O)[C@H](n2cc(-c3cc(F)c(F)c(F)c3)nn2)[C@H]1O)c1ccccc1C(F)(F)F. The van der Waals surface area contributed by atoms with Crippen molar-refractivity contribution in [3.8, 4) is 11.3 Å². The van der Waals surface area contributed by atoms with Gasteiger partial charge in [-0.25, -0.2) is 17.9 Å². The van der Waals surface area contributed by atoms with Crippen LogP contribution in [0.5, 0.6) is 0 Å². The number of aromatic nitrogens is 3. The van der Waals surface area contributed by atoms with Crippen LogP contribution in [0.25, 0.3) is 11.3 Å². The Morgan fingerprint density at radius 3 is 2.33 bits per heavy atom. The standard InChI is InChI=1S/C25H25F6N3O5S/c1-2-17(36)23(12-5-3-4-6-13(12)25(29,30)31)40-24-22(38)20(21(37)18(10-35)39-24)34-9-16(32-33-34)11-7-14(26)19(28)15(27)8-11/h3-9,17-18,20-24,35-38H,2,10H2,1H3/t17?,18-,20+,21+,22-,23?,24+/m1/s1. The highest BCUT2D eigenvalue weighted by Crippen LogP contribution is 2.46. The average molecular weight is 594 g/mol. The van der Waals surface area contributed by atoms with Crippen LogP contribution < -0.4 is 0 Å². The Balaban J connectivity index is 1.68. The third kappa shape index (κ3) is 5.99. The molecule has 3 aromatic rings. The lowest BCUT2D eigenvalue weighted by Gasteiger charge is -2.43. The van der Waals surface area contributed by atoms with Crippen LogP contribution in [0.1, 0.15) is 35.8 Å². The molecule has 2 unspecified atom stereocenters. The van der Waals surface area contributed by atoms with Crippen molar-refractivity contribution in [3.63, 3.8) is 0 Å². The predicted octanol–water partition coefficient (Wildman–Crippen LogP) is 3.61. The quantitative estimate of drug-likeness (QED) is 0.231. The number of alkyl halides is 3. The molecule has 1 aliphatic heterocycles. The summed E-state index contributed by atoms with van der Waals surface area (Å²) in [7, 11) is 0. The van der Waals surface area contributed by atoms with Crippen molar-refractivity contribution >= 4 is 11.8 Å². The Morgan fingerprint density at radius 2 is 1.73 bits per heavy atom. The van der Waals surface area contributed by atoms with Gasteiger partial charge in [-0.15, -0.1) is 16.9 Å². The Kier molecular flexibility index (Phi) is 9.11. The minimum atomic E-state index is -4.74. The molecule has 4 N–H and O–H groups in total. The van der Waals surface area contributed by atoms with Crippen molar-refractivity contribution in [2.24, 2.45) is 0 Å². The van der Waals surface area contributed by atoms with E-state index in [4.69, 9.17) is 4.74 Å². The molecule has 40 heavy (non-hydrogen) atoms. The third-order valence-corrected chi connectivity index (χ3v) is 8.08. The molecular formula is C25H25F6N3O5S. The summed E-state index contributed by atoms with van der Waals surface area (Å²) in [5.41, 5.74) is -2.96. The number of ether oxygens (including phenoxy) is 1. The lowest BCUT2D eigenvalue weighted by atomic mass is 9.97. The fourth-order valence-electron chi connectivity index (χ4n) is 4.48. The summed E-state index contributed by atoms with van der Waals surface area (Å²) in [4.78, 5) is 0. The summed E-state index contributed by atoms with van der Waals surface area (Å²) >= 11 is 0.671. The highest BCUT2D eigenvalue weighted by atomic mass is 32.2. The van der Waals surface area contributed by atoms with E-state index in [9.17, 15) is 46.8 Å². The number of rotatable bonds is 8. The van der Waals surface area contributed by atoms with Gasteiger partial charge in [0.25, 0.3) is 0 Å². The lowest BCUT2D eigenvalue weighted by Crippen LogP contribution is -2.55. The number of aliphatic hydroxyl groups excluding tert-OH is 4. The van der Waals surface area contributed by atoms with E-state index >= 15 is 0 Å². The minimum Gasteiger partial charge on any atom is -0.394 e. The molecule has 0 saturated carbocycles. The van der Waals surface area contributed by atoms with Crippen LogP contribution in [-0.2, 0) is 10.9 Å². The summed E-state index contributed by atoms with van der Waals surface area (Å²) in [5.74, 6) is -4.65. The molecular weight excluding hydrogens is 568 g/mol. The van der Waals surface area contributed by atoms with Crippen LogP contribution in [0.4, 0.5) is 26.3 Å². The van der Waals surface area contributed by atoms with Gasteiger partial charge in [-0.3, -0.25) is 0 Å². The molecule has 218 valence electrons. The maximum Gasteiger partial charge on any atom is 0.416 e. The average Bonchev–Trinajstić information content (AvgIpc) is 3.40. The van der Waals surface area contributed by atoms with E-state index < -0.39 is 76.9 Å². The fourth-order valence-corrected chi connectivity index (χ4v) is 6.03. The number of benzene rings is 2. The zero-order chi connectivity index (χ0) is 29.4. The van der Waals surface area contributed by atoms with E-state index in [1.807, 2.05) is 0 Å². The van der Waals surface area contributed by atoms with Gasteiger partial charge >= 0.3 is 6.18 Å². The molecule has 1 aromatic heterocycles. The van der Waals surface area contributed by atoms with Gasteiger partial charge in [0.1, 0.15) is 35.5 Å². The second-order valence-corrected chi connectivity index (χ2v) is 10.4. The number of aliphatic hydroxyl groups is 4. The molecule has 0 amide bonds. The van der Waals surface area contributed by atoms with Gasteiger partial charge in [-0.05, 0) is 30.2 Å². The molecule has 4 rings (SSSR count). The highest BCUT2D eigenvalue weighted by Gasteiger charge is 2.48. The van der Waals surface area contributed by atoms with Crippen molar-refractivity contribution in [1.29, 1.82) is 0 Å². The molecule has 7 atom stereocenters. The Bertz CT molecular complexity index is 1310. The first-order valence-corrected chi connectivity index (χ1v) is 13.0. The minimum absolute atomic E-state index is 0.0549.